The lowest BCUT2D eigenvalue weighted by Crippen LogP contribution is -2.61. The summed E-state index contributed by atoms with van der Waals surface area (Å²) in [7, 11) is 0. The third-order valence-electron chi connectivity index (χ3n) is 9.34. The highest BCUT2D eigenvalue weighted by Gasteiger charge is 2.49. The summed E-state index contributed by atoms with van der Waals surface area (Å²) in [5.41, 5.74) is -3.43. The first-order valence-electron chi connectivity index (χ1n) is 16.4. The fourth-order valence-electron chi connectivity index (χ4n) is 7.30. The fourth-order valence-corrected chi connectivity index (χ4v) is 7.30. The van der Waals surface area contributed by atoms with E-state index in [0.29, 0.717) is 51.5 Å². The predicted octanol–water partition coefficient (Wildman–Crippen LogP) is 5.49. The number of piperidine rings is 2. The number of hydroxylamine groups is 6. The molecule has 2 aliphatic heterocycles. The quantitative estimate of drug-likeness (QED) is 0.101. The highest BCUT2D eigenvalue weighted by atomic mass is 16.6. The van der Waals surface area contributed by atoms with E-state index in [1.807, 2.05) is 83.1 Å². The molecule has 0 aromatic carbocycles. The average molecular weight is 644 g/mol. The van der Waals surface area contributed by atoms with Crippen molar-refractivity contribution < 1.29 is 44.2 Å². The third-order valence-corrected chi connectivity index (χ3v) is 9.34. The van der Waals surface area contributed by atoms with Crippen molar-refractivity contribution in [2.75, 3.05) is 6.54 Å². The average Bonchev–Trinajstić information content (AvgIpc) is 2.87. The van der Waals surface area contributed by atoms with Gasteiger partial charge in [0.2, 0.25) is 0 Å². The van der Waals surface area contributed by atoms with E-state index in [1.54, 1.807) is 0 Å². The Morgan fingerprint density at radius 3 is 1.62 bits per heavy atom. The van der Waals surface area contributed by atoms with Crippen molar-refractivity contribution in [2.24, 2.45) is 5.92 Å². The van der Waals surface area contributed by atoms with Crippen LogP contribution in [0.1, 0.15) is 134 Å². The Morgan fingerprint density at radius 2 is 1.22 bits per heavy atom. The van der Waals surface area contributed by atoms with E-state index in [9.17, 15) is 30.0 Å². The number of carbonyl (C=O) groups is 3. The van der Waals surface area contributed by atoms with Crippen molar-refractivity contribution in [3.63, 3.8) is 0 Å². The second-order valence-corrected chi connectivity index (χ2v) is 16.2. The largest absolute Gasteiger partial charge is 0.462 e. The van der Waals surface area contributed by atoms with Gasteiger partial charge in [-0.25, -0.2) is 0 Å². The topological polar surface area (TPSA) is 149 Å². The van der Waals surface area contributed by atoms with Crippen LogP contribution in [0.3, 0.4) is 0 Å². The van der Waals surface area contributed by atoms with E-state index >= 15 is 0 Å². The molecule has 12 heteroatoms. The zero-order valence-corrected chi connectivity index (χ0v) is 29.8. The molecule has 2 unspecified atom stereocenters. The van der Waals surface area contributed by atoms with Crippen LogP contribution in [0, 0.1) is 5.92 Å². The van der Waals surface area contributed by atoms with Crippen LogP contribution in [0.5, 0.6) is 0 Å². The predicted molar refractivity (Wildman–Crippen MR) is 168 cm³/mol. The van der Waals surface area contributed by atoms with Gasteiger partial charge in [0.25, 0.3) is 0 Å². The van der Waals surface area contributed by atoms with Gasteiger partial charge in [-0.1, -0.05) is 20.3 Å². The van der Waals surface area contributed by atoms with Gasteiger partial charge >= 0.3 is 17.9 Å². The summed E-state index contributed by atoms with van der Waals surface area (Å²) in [5.74, 6) is -4.05. The van der Waals surface area contributed by atoms with Crippen LogP contribution in [0.2, 0.25) is 0 Å². The number of hydrogen-bond donors (Lipinski definition) is 3. The van der Waals surface area contributed by atoms with Crippen LogP contribution in [-0.4, -0.2) is 101 Å². The molecule has 0 bridgehead atoms. The molecule has 45 heavy (non-hydrogen) atoms. The lowest BCUT2D eigenvalue weighted by Gasteiger charge is -2.51. The maximum absolute atomic E-state index is 13.7. The van der Waals surface area contributed by atoms with Gasteiger partial charge in [0.05, 0.1) is 6.42 Å². The highest BCUT2D eigenvalue weighted by Crippen LogP contribution is 2.40. The summed E-state index contributed by atoms with van der Waals surface area (Å²) in [5, 5.41) is 35.5. The first kappa shape index (κ1) is 39.3. The maximum atomic E-state index is 13.7. The van der Waals surface area contributed by atoms with Crippen LogP contribution < -0.4 is 0 Å². The van der Waals surface area contributed by atoms with Gasteiger partial charge in [-0.05, 0) is 75.7 Å². The molecule has 3 N–H and O–H groups in total. The summed E-state index contributed by atoms with van der Waals surface area (Å²) in [6.07, 6.45) is 0.568. The van der Waals surface area contributed by atoms with Gasteiger partial charge in [0.15, 0.2) is 5.92 Å². The molecule has 2 fully saturated rings. The first-order valence-corrected chi connectivity index (χ1v) is 16.4. The summed E-state index contributed by atoms with van der Waals surface area (Å²) in [4.78, 5) is 40.8. The van der Waals surface area contributed by atoms with Crippen molar-refractivity contribution in [3.05, 3.63) is 0 Å². The Hall–Kier alpha value is -1.83. The molecule has 0 saturated carbocycles. The molecule has 2 rings (SSSR count). The molecule has 262 valence electrons. The molecule has 0 aliphatic carbocycles. The van der Waals surface area contributed by atoms with Crippen molar-refractivity contribution in [1.29, 1.82) is 0 Å². The van der Waals surface area contributed by atoms with Crippen LogP contribution in [0.4, 0.5) is 0 Å². The molecule has 0 amide bonds. The van der Waals surface area contributed by atoms with E-state index in [-0.39, 0.29) is 0 Å². The lowest BCUT2D eigenvalue weighted by molar-refractivity contribution is -0.260. The minimum Gasteiger partial charge on any atom is -0.462 e. The van der Waals surface area contributed by atoms with Crippen LogP contribution in [0.15, 0.2) is 0 Å². The van der Waals surface area contributed by atoms with Crippen LogP contribution in [0.25, 0.3) is 0 Å². The van der Waals surface area contributed by atoms with Gasteiger partial charge in [-0.15, -0.1) is 0 Å². The molecule has 0 radical (unpaired) electrons. The van der Waals surface area contributed by atoms with E-state index in [1.165, 1.54) is 15.2 Å². The van der Waals surface area contributed by atoms with E-state index in [4.69, 9.17) is 14.2 Å². The molecular weight excluding hydrogens is 582 g/mol. The number of esters is 3. The van der Waals surface area contributed by atoms with Gasteiger partial charge in [-0.2, -0.15) is 15.2 Å². The molecule has 2 saturated heterocycles. The number of rotatable bonds is 13. The zero-order valence-electron chi connectivity index (χ0n) is 29.8. The van der Waals surface area contributed by atoms with Crippen molar-refractivity contribution in [1.82, 2.24) is 15.2 Å². The number of nitrogens with zero attached hydrogens (tertiary/aromatic N) is 3. The summed E-state index contributed by atoms with van der Waals surface area (Å²) >= 11 is 0. The Labute approximate surface area is 270 Å². The molecule has 2 aliphatic rings. The van der Waals surface area contributed by atoms with E-state index in [2.05, 4.69) is 0 Å². The minimum atomic E-state index is -1.56. The standard InChI is InChI=1S/C33H61N3O9/c1-13-15-22(17-29(3,4)34(40)14-2)44-27(38)25(28(39)45-24-20-32(9,10)36(42)33(11,12)21-24)16-26(37)43-23-18-30(5,6)35(41)31(7,8)19-23/h22-25,40-42H,13-21H2,1-12H3. The molecule has 0 aromatic rings. The molecular formula is C33H61N3O9. The third kappa shape index (κ3) is 10.1. The van der Waals surface area contributed by atoms with Gasteiger partial charge in [-0.3, -0.25) is 14.4 Å². The second-order valence-electron chi connectivity index (χ2n) is 16.2. The normalized spacial score (nSPS) is 23.7. The van der Waals surface area contributed by atoms with Gasteiger partial charge in [0, 0.05) is 66.3 Å². The zero-order chi connectivity index (χ0) is 34.8. The molecule has 2 atom stereocenters. The van der Waals surface area contributed by atoms with Gasteiger partial charge < -0.3 is 29.8 Å². The van der Waals surface area contributed by atoms with Gasteiger partial charge in [0.1, 0.15) is 18.3 Å². The lowest BCUT2D eigenvalue weighted by atomic mass is 9.80. The second kappa shape index (κ2) is 14.5. The van der Waals surface area contributed by atoms with Crippen LogP contribution in [-0.2, 0) is 28.6 Å². The van der Waals surface area contributed by atoms with Crippen LogP contribution >= 0.6 is 0 Å². The van der Waals surface area contributed by atoms with Crippen molar-refractivity contribution >= 4 is 17.9 Å². The first-order chi connectivity index (χ1) is 20.4. The minimum absolute atomic E-state index is 0.310. The number of hydrogen-bond acceptors (Lipinski definition) is 12. The Morgan fingerprint density at radius 1 is 0.800 bits per heavy atom. The summed E-state index contributed by atoms with van der Waals surface area (Å²) < 4.78 is 17.6. The summed E-state index contributed by atoms with van der Waals surface area (Å²) in [6.45, 7) is 22.6. The number of carbonyl (C=O) groups excluding carboxylic acids is 3. The monoisotopic (exact) mass is 643 g/mol. The molecule has 0 aromatic heterocycles. The van der Waals surface area contributed by atoms with Crippen molar-refractivity contribution in [2.45, 2.75) is 180 Å². The Bertz CT molecular complexity index is 1010. The highest BCUT2D eigenvalue weighted by molar-refractivity contribution is 5.98. The maximum Gasteiger partial charge on any atom is 0.321 e. The summed E-state index contributed by atoms with van der Waals surface area (Å²) in [6, 6.07) is 0. The van der Waals surface area contributed by atoms with E-state index in [0.717, 1.165) is 0 Å². The molecule has 0 spiro atoms. The Balaban J connectivity index is 2.31. The van der Waals surface area contributed by atoms with E-state index < -0.39 is 76.3 Å². The SMILES string of the molecule is CCCC(CC(C)(C)N(O)CC)OC(=O)C(CC(=O)OC1CC(C)(C)N(O)C(C)(C)C1)C(=O)OC1CC(C)(C)N(O)C(C)(C)C1. The smallest absolute Gasteiger partial charge is 0.321 e. The Kier molecular flexibility index (Phi) is 12.7. The molecule has 2 heterocycles. The number of ether oxygens (including phenoxy) is 3. The fraction of sp³-hybridized carbons (Fsp3) is 0.909. The molecule has 12 nitrogen and oxygen atoms in total. The van der Waals surface area contributed by atoms with Crippen molar-refractivity contribution in [3.8, 4) is 0 Å².